The summed E-state index contributed by atoms with van der Waals surface area (Å²) in [5.41, 5.74) is 1.09. The summed E-state index contributed by atoms with van der Waals surface area (Å²) >= 11 is 0. The lowest BCUT2D eigenvalue weighted by Gasteiger charge is -2.01. The molecule has 7 heteroatoms. The second-order valence-electron chi connectivity index (χ2n) is 2.87. The Kier molecular flexibility index (Phi) is 5.75. The zero-order valence-electron chi connectivity index (χ0n) is 9.59. The fraction of sp³-hybridized carbons (Fsp3) is 0.625. The van der Waals surface area contributed by atoms with Crippen molar-refractivity contribution in [2.24, 2.45) is 7.05 Å². The van der Waals surface area contributed by atoms with Crippen molar-refractivity contribution < 1.29 is 18.5 Å². The van der Waals surface area contributed by atoms with Gasteiger partial charge < -0.3 is 9.46 Å². The molecule has 0 saturated carbocycles. The van der Waals surface area contributed by atoms with E-state index in [-0.39, 0.29) is 0 Å². The molecule has 0 radical (unpaired) electrons. The summed E-state index contributed by atoms with van der Waals surface area (Å²) in [5, 5.41) is 0. The van der Waals surface area contributed by atoms with Crippen molar-refractivity contribution >= 4 is 7.82 Å². The maximum atomic E-state index is 10.1. The van der Waals surface area contributed by atoms with Crippen LogP contribution in [0.25, 0.3) is 0 Å². The Labute approximate surface area is 89.5 Å². The standard InChI is InChI=1S/C6H10N2.C2H7O4P/c1-5-4-8(3)6(2)7-5;1-5-7(3,4)6-2/h4H,1-3H3;1-2H3,(H,3,4). The first kappa shape index (κ1) is 14.3. The van der Waals surface area contributed by atoms with E-state index in [2.05, 4.69) is 14.0 Å². The second kappa shape index (κ2) is 6.02. The molecule has 15 heavy (non-hydrogen) atoms. The monoisotopic (exact) mass is 236 g/mol. The summed E-state index contributed by atoms with van der Waals surface area (Å²) in [5.74, 6) is 1.07. The van der Waals surface area contributed by atoms with Crippen LogP contribution in [0.15, 0.2) is 6.20 Å². The normalized spacial score (nSPS) is 10.8. The van der Waals surface area contributed by atoms with Crippen molar-refractivity contribution in [3.8, 4) is 0 Å². The van der Waals surface area contributed by atoms with E-state index in [1.165, 1.54) is 0 Å². The third kappa shape index (κ3) is 5.69. The summed E-state index contributed by atoms with van der Waals surface area (Å²) in [7, 11) is 0.544. The molecule has 0 bridgehead atoms. The quantitative estimate of drug-likeness (QED) is 0.786. The molecule has 1 rings (SSSR count). The third-order valence-electron chi connectivity index (χ3n) is 1.69. The number of aryl methyl sites for hydroxylation is 3. The van der Waals surface area contributed by atoms with E-state index in [9.17, 15) is 4.57 Å². The number of phosphoric acid groups is 1. The molecule has 0 spiro atoms. The number of imidazole rings is 1. The number of hydrogen-bond acceptors (Lipinski definition) is 4. The summed E-state index contributed by atoms with van der Waals surface area (Å²) < 4.78 is 20.0. The summed E-state index contributed by atoms with van der Waals surface area (Å²) in [6, 6.07) is 0. The summed E-state index contributed by atoms with van der Waals surface area (Å²) in [6.07, 6.45) is 2.01. The Hall–Kier alpha value is -0.680. The van der Waals surface area contributed by atoms with Crippen molar-refractivity contribution in [3.05, 3.63) is 17.7 Å². The highest BCUT2D eigenvalue weighted by Crippen LogP contribution is 2.40. The first-order valence-corrected chi connectivity index (χ1v) is 5.72. The smallest absolute Gasteiger partial charge is 0.338 e. The fourth-order valence-corrected chi connectivity index (χ4v) is 0.960. The predicted molar refractivity (Wildman–Crippen MR) is 56.5 cm³/mol. The molecule has 0 unspecified atom stereocenters. The third-order valence-corrected chi connectivity index (χ3v) is 2.61. The minimum Gasteiger partial charge on any atom is -0.338 e. The fourth-order valence-electron chi connectivity index (χ4n) is 0.811. The Morgan fingerprint density at radius 1 is 1.40 bits per heavy atom. The molecule has 0 aromatic carbocycles. The van der Waals surface area contributed by atoms with Gasteiger partial charge in [-0.1, -0.05) is 0 Å². The molecule has 1 N–H and O–H groups in total. The van der Waals surface area contributed by atoms with Crippen LogP contribution in [0.5, 0.6) is 0 Å². The average molecular weight is 236 g/mol. The molecule has 0 aliphatic heterocycles. The average Bonchev–Trinajstić information content (AvgIpc) is 2.45. The molecule has 0 aliphatic carbocycles. The van der Waals surface area contributed by atoms with Gasteiger partial charge in [0.2, 0.25) is 0 Å². The zero-order valence-corrected chi connectivity index (χ0v) is 10.5. The Morgan fingerprint density at radius 2 is 1.87 bits per heavy atom. The molecule has 1 aromatic rings. The lowest BCUT2D eigenvalue weighted by Crippen LogP contribution is -1.86. The molecule has 1 aromatic heterocycles. The van der Waals surface area contributed by atoms with Crippen molar-refractivity contribution in [2.75, 3.05) is 14.2 Å². The maximum absolute atomic E-state index is 10.1. The van der Waals surface area contributed by atoms with E-state index in [4.69, 9.17) is 4.89 Å². The number of hydrogen-bond donors (Lipinski definition) is 1. The summed E-state index contributed by atoms with van der Waals surface area (Å²) in [6.45, 7) is 3.99. The zero-order chi connectivity index (χ0) is 12.1. The topological polar surface area (TPSA) is 73.6 Å². The van der Waals surface area contributed by atoms with Crippen LogP contribution >= 0.6 is 7.82 Å². The van der Waals surface area contributed by atoms with Gasteiger partial charge in [-0.3, -0.25) is 9.05 Å². The number of aromatic nitrogens is 2. The minimum atomic E-state index is -3.65. The minimum absolute atomic E-state index is 1.07. The molecule has 0 fully saturated rings. The van der Waals surface area contributed by atoms with Gasteiger partial charge in [0.25, 0.3) is 0 Å². The van der Waals surface area contributed by atoms with E-state index in [0.717, 1.165) is 25.7 Å². The van der Waals surface area contributed by atoms with Crippen LogP contribution < -0.4 is 0 Å². The van der Waals surface area contributed by atoms with Gasteiger partial charge in [-0.2, -0.15) is 0 Å². The molecule has 0 aliphatic rings. The van der Waals surface area contributed by atoms with Gasteiger partial charge >= 0.3 is 7.82 Å². The predicted octanol–water partition coefficient (Wildman–Crippen LogP) is 1.42. The van der Waals surface area contributed by atoms with Gasteiger partial charge in [0.15, 0.2) is 0 Å². The Bertz CT molecular complexity index is 323. The highest BCUT2D eigenvalue weighted by Gasteiger charge is 2.13. The molecule has 0 saturated heterocycles. The second-order valence-corrected chi connectivity index (χ2v) is 4.54. The highest BCUT2D eigenvalue weighted by atomic mass is 31.2. The van der Waals surface area contributed by atoms with Crippen LogP contribution in [0.1, 0.15) is 11.5 Å². The molecule has 6 nitrogen and oxygen atoms in total. The highest BCUT2D eigenvalue weighted by molar-refractivity contribution is 7.47. The van der Waals surface area contributed by atoms with Gasteiger partial charge in [-0.15, -0.1) is 0 Å². The van der Waals surface area contributed by atoms with Crippen molar-refractivity contribution in [1.82, 2.24) is 9.55 Å². The number of phosphoric ester groups is 1. The van der Waals surface area contributed by atoms with Crippen LogP contribution in [0.3, 0.4) is 0 Å². The molecule has 0 atom stereocenters. The molecular weight excluding hydrogens is 219 g/mol. The lowest BCUT2D eigenvalue weighted by atomic mass is 10.6. The molecule has 1 heterocycles. The first-order chi connectivity index (χ1) is 6.82. The van der Waals surface area contributed by atoms with Crippen molar-refractivity contribution in [3.63, 3.8) is 0 Å². The molecule has 88 valence electrons. The SMILES string of the molecule is COP(=O)(O)OC.Cc1cn(C)c(C)n1. The van der Waals surface area contributed by atoms with Gasteiger partial charge in [0.05, 0.1) is 5.69 Å². The largest absolute Gasteiger partial charge is 0.471 e. The Balaban J connectivity index is 0.000000265. The van der Waals surface area contributed by atoms with Crippen molar-refractivity contribution in [1.29, 1.82) is 0 Å². The Morgan fingerprint density at radius 3 is 1.93 bits per heavy atom. The number of rotatable bonds is 2. The van der Waals surface area contributed by atoms with E-state index in [0.29, 0.717) is 0 Å². The van der Waals surface area contributed by atoms with Gasteiger partial charge in [0.1, 0.15) is 5.82 Å². The van der Waals surface area contributed by atoms with Crippen LogP contribution in [0.4, 0.5) is 0 Å². The van der Waals surface area contributed by atoms with E-state index < -0.39 is 7.82 Å². The van der Waals surface area contributed by atoms with Crippen LogP contribution in [-0.4, -0.2) is 28.7 Å². The van der Waals surface area contributed by atoms with E-state index in [1.807, 2.05) is 31.7 Å². The first-order valence-electron chi connectivity index (χ1n) is 4.23. The molecular formula is C8H17N2O4P. The van der Waals surface area contributed by atoms with E-state index in [1.54, 1.807) is 0 Å². The van der Waals surface area contributed by atoms with Crippen LogP contribution in [0, 0.1) is 13.8 Å². The maximum Gasteiger partial charge on any atom is 0.471 e. The molecule has 0 amide bonds. The summed E-state index contributed by atoms with van der Waals surface area (Å²) in [4.78, 5) is 12.4. The van der Waals surface area contributed by atoms with Crippen LogP contribution in [-0.2, 0) is 20.7 Å². The van der Waals surface area contributed by atoms with Gasteiger partial charge in [-0.05, 0) is 13.8 Å². The van der Waals surface area contributed by atoms with Gasteiger partial charge in [-0.25, -0.2) is 9.55 Å². The number of nitrogens with zero attached hydrogens (tertiary/aromatic N) is 2. The van der Waals surface area contributed by atoms with Crippen molar-refractivity contribution in [2.45, 2.75) is 13.8 Å². The van der Waals surface area contributed by atoms with E-state index >= 15 is 0 Å². The lowest BCUT2D eigenvalue weighted by molar-refractivity contribution is 0.204. The van der Waals surface area contributed by atoms with Gasteiger partial charge in [0, 0.05) is 27.5 Å². The van der Waals surface area contributed by atoms with Crippen LogP contribution in [0.2, 0.25) is 0 Å².